The number of carbonyl (C=O) groups is 1. The molecule has 1 aliphatic rings. The van der Waals surface area contributed by atoms with Crippen LogP contribution in [0.4, 0.5) is 0 Å². The Kier molecular flexibility index (Phi) is 4.96. The van der Waals surface area contributed by atoms with Crippen LogP contribution in [0, 0.1) is 5.92 Å². The van der Waals surface area contributed by atoms with E-state index in [2.05, 4.69) is 10.4 Å². The van der Waals surface area contributed by atoms with Crippen LogP contribution >= 0.6 is 0 Å². The van der Waals surface area contributed by atoms with Gasteiger partial charge in [0.15, 0.2) is 0 Å². The van der Waals surface area contributed by atoms with Crippen molar-refractivity contribution in [2.24, 2.45) is 11.7 Å². The van der Waals surface area contributed by atoms with E-state index in [1.807, 2.05) is 19.2 Å². The summed E-state index contributed by atoms with van der Waals surface area (Å²) in [5.41, 5.74) is 5.83. The van der Waals surface area contributed by atoms with Crippen molar-refractivity contribution in [2.75, 3.05) is 6.54 Å². The van der Waals surface area contributed by atoms with Crippen LogP contribution in [-0.4, -0.2) is 28.3 Å². The number of aromatic nitrogens is 2. The van der Waals surface area contributed by atoms with E-state index in [1.54, 1.807) is 10.9 Å². The van der Waals surface area contributed by atoms with Crippen molar-refractivity contribution in [2.45, 2.75) is 51.1 Å². The standard InChI is InChI=1S/C14H24N4O/c1-11(18-9-5-8-16-18)14(19)17-13(10-15)12-6-3-2-4-7-12/h5,8-9,11-13H,2-4,6-7,10,15H2,1H3,(H,17,19). The summed E-state index contributed by atoms with van der Waals surface area (Å²) in [5, 5.41) is 7.21. The number of amides is 1. The van der Waals surface area contributed by atoms with E-state index in [1.165, 1.54) is 32.1 Å². The summed E-state index contributed by atoms with van der Waals surface area (Å²) in [6, 6.07) is 1.64. The van der Waals surface area contributed by atoms with E-state index < -0.39 is 0 Å². The van der Waals surface area contributed by atoms with Gasteiger partial charge in [0, 0.05) is 25.0 Å². The minimum absolute atomic E-state index is 0.00437. The first-order valence-electron chi connectivity index (χ1n) is 7.22. The highest BCUT2D eigenvalue weighted by Gasteiger charge is 2.26. The Hall–Kier alpha value is -1.36. The molecule has 3 N–H and O–H groups in total. The van der Waals surface area contributed by atoms with Crippen LogP contribution in [0.3, 0.4) is 0 Å². The van der Waals surface area contributed by atoms with Crippen molar-refractivity contribution >= 4 is 5.91 Å². The third-order valence-corrected chi connectivity index (χ3v) is 4.10. The van der Waals surface area contributed by atoms with Crippen molar-refractivity contribution in [1.82, 2.24) is 15.1 Å². The highest BCUT2D eigenvalue weighted by molar-refractivity contribution is 5.80. The number of nitrogens with two attached hydrogens (primary N) is 1. The predicted molar refractivity (Wildman–Crippen MR) is 74.5 cm³/mol. The second kappa shape index (κ2) is 6.70. The van der Waals surface area contributed by atoms with E-state index in [9.17, 15) is 4.79 Å². The Morgan fingerprint density at radius 1 is 1.47 bits per heavy atom. The minimum Gasteiger partial charge on any atom is -0.350 e. The summed E-state index contributed by atoms with van der Waals surface area (Å²) in [7, 11) is 0. The van der Waals surface area contributed by atoms with Crippen LogP contribution in [-0.2, 0) is 4.79 Å². The lowest BCUT2D eigenvalue weighted by Crippen LogP contribution is -2.47. The summed E-state index contributed by atoms with van der Waals surface area (Å²) >= 11 is 0. The average Bonchev–Trinajstić information content (AvgIpc) is 2.98. The largest absolute Gasteiger partial charge is 0.350 e. The van der Waals surface area contributed by atoms with Crippen molar-refractivity contribution in [3.8, 4) is 0 Å². The highest BCUT2D eigenvalue weighted by Crippen LogP contribution is 2.26. The van der Waals surface area contributed by atoms with E-state index in [0.29, 0.717) is 12.5 Å². The Balaban J connectivity index is 1.92. The first kappa shape index (κ1) is 14.1. The van der Waals surface area contributed by atoms with Gasteiger partial charge in [-0.3, -0.25) is 9.48 Å². The zero-order valence-electron chi connectivity index (χ0n) is 11.6. The fraction of sp³-hybridized carbons (Fsp3) is 0.714. The molecule has 1 aromatic rings. The third-order valence-electron chi connectivity index (χ3n) is 4.10. The van der Waals surface area contributed by atoms with Crippen LogP contribution in [0.5, 0.6) is 0 Å². The first-order chi connectivity index (χ1) is 9.22. The molecule has 1 aliphatic carbocycles. The molecule has 0 bridgehead atoms. The second-order valence-corrected chi connectivity index (χ2v) is 5.41. The van der Waals surface area contributed by atoms with Crippen molar-refractivity contribution in [3.63, 3.8) is 0 Å². The predicted octanol–water partition coefficient (Wildman–Crippen LogP) is 1.47. The molecule has 5 heteroatoms. The van der Waals surface area contributed by atoms with Crippen molar-refractivity contribution < 1.29 is 4.79 Å². The molecule has 1 fully saturated rings. The highest BCUT2D eigenvalue weighted by atomic mass is 16.2. The van der Waals surface area contributed by atoms with Gasteiger partial charge in [-0.2, -0.15) is 5.10 Å². The summed E-state index contributed by atoms with van der Waals surface area (Å²) in [6.45, 7) is 2.37. The fourth-order valence-corrected chi connectivity index (χ4v) is 2.84. The SMILES string of the molecule is CC(C(=O)NC(CN)C1CCCCC1)n1cccn1. The maximum atomic E-state index is 12.2. The van der Waals surface area contributed by atoms with Gasteiger partial charge in [-0.1, -0.05) is 19.3 Å². The third kappa shape index (κ3) is 3.56. The minimum atomic E-state index is -0.285. The zero-order chi connectivity index (χ0) is 13.7. The Morgan fingerprint density at radius 3 is 2.79 bits per heavy atom. The molecule has 0 radical (unpaired) electrons. The van der Waals surface area contributed by atoms with Gasteiger partial charge in [0.2, 0.25) is 5.91 Å². The smallest absolute Gasteiger partial charge is 0.244 e. The number of nitrogens with zero attached hydrogens (tertiary/aromatic N) is 2. The van der Waals surface area contributed by atoms with Crippen LogP contribution in [0.1, 0.15) is 45.1 Å². The molecule has 1 aromatic heterocycles. The first-order valence-corrected chi connectivity index (χ1v) is 7.22. The Bertz CT molecular complexity index is 384. The van der Waals surface area contributed by atoms with Gasteiger partial charge in [-0.15, -0.1) is 0 Å². The summed E-state index contributed by atoms with van der Waals surface area (Å²) < 4.78 is 1.67. The average molecular weight is 264 g/mol. The quantitative estimate of drug-likeness (QED) is 0.845. The maximum Gasteiger partial charge on any atom is 0.244 e. The molecule has 0 saturated heterocycles. The molecule has 2 unspecified atom stereocenters. The van der Waals surface area contributed by atoms with Crippen LogP contribution in [0.2, 0.25) is 0 Å². The van der Waals surface area contributed by atoms with Gasteiger partial charge < -0.3 is 11.1 Å². The molecule has 1 amide bonds. The van der Waals surface area contributed by atoms with Gasteiger partial charge >= 0.3 is 0 Å². The lowest BCUT2D eigenvalue weighted by molar-refractivity contribution is -0.125. The monoisotopic (exact) mass is 264 g/mol. The summed E-state index contributed by atoms with van der Waals surface area (Å²) in [6.07, 6.45) is 9.67. The molecule has 0 aromatic carbocycles. The number of carbonyl (C=O) groups excluding carboxylic acids is 1. The molecule has 1 saturated carbocycles. The van der Waals surface area contributed by atoms with E-state index in [0.717, 1.165) is 0 Å². The lowest BCUT2D eigenvalue weighted by Gasteiger charge is -2.30. The van der Waals surface area contributed by atoms with E-state index in [-0.39, 0.29) is 18.0 Å². The van der Waals surface area contributed by atoms with Crippen molar-refractivity contribution in [1.29, 1.82) is 0 Å². The molecule has 2 atom stereocenters. The van der Waals surface area contributed by atoms with E-state index >= 15 is 0 Å². The number of rotatable bonds is 5. The second-order valence-electron chi connectivity index (χ2n) is 5.41. The number of hydrogen-bond donors (Lipinski definition) is 2. The molecule has 106 valence electrons. The summed E-state index contributed by atoms with van der Waals surface area (Å²) in [4.78, 5) is 12.2. The molecule has 5 nitrogen and oxygen atoms in total. The molecular formula is C14H24N4O. The molecule has 0 spiro atoms. The number of nitrogens with one attached hydrogen (secondary N) is 1. The van der Waals surface area contributed by atoms with Crippen molar-refractivity contribution in [3.05, 3.63) is 18.5 Å². The lowest BCUT2D eigenvalue weighted by atomic mass is 9.84. The van der Waals surface area contributed by atoms with Gasteiger partial charge in [-0.25, -0.2) is 0 Å². The van der Waals surface area contributed by atoms with Gasteiger partial charge in [0.05, 0.1) is 0 Å². The van der Waals surface area contributed by atoms with Gasteiger partial charge in [0.25, 0.3) is 0 Å². The molecule has 0 aliphatic heterocycles. The molecule has 19 heavy (non-hydrogen) atoms. The topological polar surface area (TPSA) is 72.9 Å². The fourth-order valence-electron chi connectivity index (χ4n) is 2.84. The normalized spacial score (nSPS) is 19.9. The number of hydrogen-bond acceptors (Lipinski definition) is 3. The zero-order valence-corrected chi connectivity index (χ0v) is 11.6. The maximum absolute atomic E-state index is 12.2. The molecule has 1 heterocycles. The molecule has 2 rings (SSSR count). The summed E-state index contributed by atoms with van der Waals surface area (Å²) in [5.74, 6) is 0.539. The van der Waals surface area contributed by atoms with E-state index in [4.69, 9.17) is 5.73 Å². The van der Waals surface area contributed by atoms with Crippen LogP contribution in [0.15, 0.2) is 18.5 Å². The van der Waals surface area contributed by atoms with Gasteiger partial charge in [0.1, 0.15) is 6.04 Å². The van der Waals surface area contributed by atoms with Crippen LogP contribution < -0.4 is 11.1 Å². The van der Waals surface area contributed by atoms with Gasteiger partial charge in [-0.05, 0) is 31.7 Å². The molecular weight excluding hydrogens is 240 g/mol. The van der Waals surface area contributed by atoms with Crippen LogP contribution in [0.25, 0.3) is 0 Å². The Morgan fingerprint density at radius 2 is 2.21 bits per heavy atom. The Labute approximate surface area is 114 Å².